The van der Waals surface area contributed by atoms with Gasteiger partial charge in [0.2, 0.25) is 5.91 Å². The van der Waals surface area contributed by atoms with Gasteiger partial charge in [-0.15, -0.1) is 0 Å². The first-order valence-electron chi connectivity index (χ1n) is 13.6. The molecule has 0 atom stereocenters. The summed E-state index contributed by atoms with van der Waals surface area (Å²) in [5.74, 6) is -0.223. The lowest BCUT2D eigenvalue weighted by molar-refractivity contribution is -0.890. The first kappa shape index (κ1) is 36.9. The highest BCUT2D eigenvalue weighted by Crippen LogP contribution is 2.26. The Morgan fingerprint density at radius 3 is 1.78 bits per heavy atom. The Bertz CT molecular complexity index is 797. The summed E-state index contributed by atoms with van der Waals surface area (Å²) in [5, 5.41) is 3.01. The van der Waals surface area contributed by atoms with E-state index in [4.69, 9.17) is 8.23 Å². The van der Waals surface area contributed by atoms with Gasteiger partial charge in [0.05, 0.1) is 37.3 Å². The third-order valence-electron chi connectivity index (χ3n) is 5.81. The van der Waals surface area contributed by atoms with Gasteiger partial charge in [0.25, 0.3) is 0 Å². The fourth-order valence-corrected chi connectivity index (χ4v) is 25.8. The maximum absolute atomic E-state index is 12.9. The maximum atomic E-state index is 12.9. The predicted octanol–water partition coefficient (Wildman–Crippen LogP) is 4.12. The summed E-state index contributed by atoms with van der Waals surface area (Å²) >= 11 is 0. The summed E-state index contributed by atoms with van der Waals surface area (Å²) in [6.45, 7) is 16.9. The monoisotopic (exact) mass is 614 g/mol. The summed E-state index contributed by atoms with van der Waals surface area (Å²) in [4.78, 5) is 12.3. The minimum absolute atomic E-state index is 0.0516. The van der Waals surface area contributed by atoms with Crippen molar-refractivity contribution >= 4 is 48.9 Å². The molecule has 0 bridgehead atoms. The Balaban J connectivity index is 4.32. The molecule has 9 nitrogen and oxygen atoms in total. The molecule has 0 aromatic heterocycles. The smallest absolute Gasteiger partial charge is 0.364 e. The third kappa shape index (κ3) is 20.5. The maximum Gasteiger partial charge on any atom is 0.364 e. The average Bonchev–Trinajstić information content (AvgIpc) is 2.67. The zero-order valence-electron chi connectivity index (χ0n) is 24.9. The molecule has 0 aliphatic rings. The zero-order chi connectivity index (χ0) is 29.0. The van der Waals surface area contributed by atoms with Crippen LogP contribution in [0, 0.1) is 0 Å². The van der Waals surface area contributed by atoms with Gasteiger partial charge in [-0.25, -0.2) is 8.42 Å². The van der Waals surface area contributed by atoms with Gasteiger partial charge in [0.15, 0.2) is 16.6 Å². The molecule has 0 fully saturated rings. The number of carbonyl (C=O) groups excluding carboxylic acids is 1. The second-order valence-electron chi connectivity index (χ2n) is 12.7. The minimum atomic E-state index is -4.10. The number of nitrogens with one attached hydrogen (secondary N) is 1. The fraction of sp³-hybridized carbons (Fsp3) is 0.957. The topological polar surface area (TPSA) is 122 Å². The molecular weight excluding hydrogens is 561 g/mol. The Hall–Kier alpha value is -0.0725. The molecule has 37 heavy (non-hydrogen) atoms. The van der Waals surface area contributed by atoms with Crippen molar-refractivity contribution < 1.29 is 34.9 Å². The Morgan fingerprint density at radius 1 is 0.865 bits per heavy atom. The quantitative estimate of drug-likeness (QED) is 0.0893. The molecule has 220 valence electrons. The number of nitrogens with zero attached hydrogens (tertiary/aromatic N) is 1. The Labute approximate surface area is 231 Å². The fourth-order valence-electron chi connectivity index (χ4n) is 4.18. The number of hydrogen-bond acceptors (Lipinski definition) is 7. The van der Waals surface area contributed by atoms with E-state index in [1.165, 1.54) is 0 Å². The standard InChI is InChI=1S/C23H54N2O7SSi4/c1-25(2,20-14-11-15-21-33(27,28)29)19-13-10-12-17-23(26)24-18-16-22-37(34(3)30,31-35(4,5)6)32-36(7,8)9/h10-22H2,1-9H3,(H-,24,26,27,28,29). The van der Waals surface area contributed by atoms with Gasteiger partial charge in [0, 0.05) is 18.7 Å². The third-order valence-corrected chi connectivity index (χ3v) is 22.0. The van der Waals surface area contributed by atoms with E-state index in [0.29, 0.717) is 31.9 Å². The SMILES string of the molecule is C[Si](=O)[Si](CCCNC(=O)CCCCC[N+](C)(C)CCCCCS(=O)(=O)[O-])(O[Si](C)(C)C)O[Si](C)(C)C. The Morgan fingerprint density at radius 2 is 1.35 bits per heavy atom. The molecule has 0 aliphatic heterocycles. The molecule has 0 aromatic rings. The number of carbonyl (C=O) groups is 1. The van der Waals surface area contributed by atoms with Crippen LogP contribution in [0.1, 0.15) is 51.4 Å². The van der Waals surface area contributed by atoms with E-state index >= 15 is 0 Å². The number of unbranched alkanes of at least 4 members (excludes halogenated alkanes) is 4. The first-order valence-corrected chi connectivity index (χ1v) is 26.9. The van der Waals surface area contributed by atoms with E-state index in [-0.39, 0.29) is 11.7 Å². The number of rotatable bonds is 21. The molecule has 0 saturated heterocycles. The second-order valence-corrected chi connectivity index (χ2v) is 31.8. The van der Waals surface area contributed by atoms with E-state index in [1.807, 2.05) is 0 Å². The van der Waals surface area contributed by atoms with Gasteiger partial charge in [-0.1, -0.05) is 0 Å². The molecule has 0 radical (unpaired) electrons. The van der Waals surface area contributed by atoms with Crippen molar-refractivity contribution in [2.24, 2.45) is 0 Å². The van der Waals surface area contributed by atoms with Crippen molar-refractivity contribution in [3.63, 3.8) is 0 Å². The summed E-state index contributed by atoms with van der Waals surface area (Å²) in [6.07, 6.45) is 6.13. The molecule has 0 heterocycles. The zero-order valence-corrected chi connectivity index (χ0v) is 29.7. The van der Waals surface area contributed by atoms with Crippen molar-refractivity contribution in [3.8, 4) is 0 Å². The molecule has 0 rings (SSSR count). The predicted molar refractivity (Wildman–Crippen MR) is 158 cm³/mol. The van der Waals surface area contributed by atoms with Crippen LogP contribution in [0.5, 0.6) is 0 Å². The molecule has 0 spiro atoms. The number of quaternary nitrogens is 1. The van der Waals surface area contributed by atoms with Gasteiger partial charge in [-0.3, -0.25) is 4.79 Å². The first-order chi connectivity index (χ1) is 16.7. The van der Waals surface area contributed by atoms with Gasteiger partial charge in [0.1, 0.15) is 0 Å². The van der Waals surface area contributed by atoms with Crippen molar-refractivity contribution in [1.82, 2.24) is 5.32 Å². The largest absolute Gasteiger partial charge is 0.748 e. The van der Waals surface area contributed by atoms with Crippen LogP contribution >= 0.6 is 0 Å². The van der Waals surface area contributed by atoms with Crippen LogP contribution in [-0.2, 0) is 27.6 Å². The molecule has 0 unspecified atom stereocenters. The van der Waals surface area contributed by atoms with Gasteiger partial charge >= 0.3 is 16.3 Å². The highest BCUT2D eigenvalue weighted by Gasteiger charge is 2.49. The van der Waals surface area contributed by atoms with E-state index in [1.54, 1.807) is 6.55 Å². The van der Waals surface area contributed by atoms with Crippen LogP contribution in [0.15, 0.2) is 0 Å². The highest BCUT2D eigenvalue weighted by atomic mass is 32.2. The van der Waals surface area contributed by atoms with Crippen molar-refractivity contribution in [2.45, 2.75) is 103 Å². The molecule has 0 saturated carbocycles. The molecular formula is C23H54N2O7SSi4. The number of hydrogen-bond donors (Lipinski definition) is 1. The summed E-state index contributed by atoms with van der Waals surface area (Å²) < 4.78 is 58.7. The van der Waals surface area contributed by atoms with Crippen LogP contribution in [0.25, 0.3) is 0 Å². The van der Waals surface area contributed by atoms with Crippen LogP contribution in [0.2, 0.25) is 51.9 Å². The molecule has 0 aromatic carbocycles. The van der Waals surface area contributed by atoms with E-state index in [9.17, 15) is 22.2 Å². The molecule has 14 heteroatoms. The minimum Gasteiger partial charge on any atom is -0.748 e. The summed E-state index contributed by atoms with van der Waals surface area (Å²) in [6, 6.07) is 0.649. The molecule has 1 amide bonds. The number of amides is 1. The van der Waals surface area contributed by atoms with Crippen molar-refractivity contribution in [2.75, 3.05) is 39.5 Å². The van der Waals surface area contributed by atoms with Gasteiger partial charge < -0.3 is 27.0 Å². The van der Waals surface area contributed by atoms with Crippen LogP contribution in [-0.4, -0.2) is 95.8 Å². The molecule has 0 aliphatic carbocycles. The lowest BCUT2D eigenvalue weighted by Gasteiger charge is -2.39. The van der Waals surface area contributed by atoms with Gasteiger partial charge in [-0.2, -0.15) is 0 Å². The highest BCUT2D eigenvalue weighted by molar-refractivity contribution is 7.85. The average molecular weight is 615 g/mol. The lowest BCUT2D eigenvalue weighted by Crippen LogP contribution is -2.60. The lowest BCUT2D eigenvalue weighted by atomic mass is 10.1. The van der Waals surface area contributed by atoms with E-state index in [0.717, 1.165) is 49.7 Å². The van der Waals surface area contributed by atoms with E-state index < -0.39 is 43.0 Å². The van der Waals surface area contributed by atoms with Gasteiger partial charge in [-0.05, 0) is 96.8 Å². The summed E-state index contributed by atoms with van der Waals surface area (Å²) in [7, 11) is -8.46. The van der Waals surface area contributed by atoms with Crippen molar-refractivity contribution in [3.05, 3.63) is 0 Å². The van der Waals surface area contributed by atoms with Crippen LogP contribution in [0.3, 0.4) is 0 Å². The molecule has 1 N–H and O–H groups in total. The van der Waals surface area contributed by atoms with Crippen LogP contribution in [0.4, 0.5) is 0 Å². The Kier molecular flexibility index (Phi) is 16.2. The second kappa shape index (κ2) is 16.3. The van der Waals surface area contributed by atoms with Crippen molar-refractivity contribution in [1.29, 1.82) is 0 Å². The summed E-state index contributed by atoms with van der Waals surface area (Å²) in [5.41, 5.74) is 0. The normalized spacial score (nSPS) is 13.6. The van der Waals surface area contributed by atoms with E-state index in [2.05, 4.69) is 58.7 Å². The van der Waals surface area contributed by atoms with Crippen LogP contribution < -0.4 is 5.32 Å².